The predicted octanol–water partition coefficient (Wildman–Crippen LogP) is 3.66. The van der Waals surface area contributed by atoms with Crippen LogP contribution in [0.1, 0.15) is 25.8 Å². The topological polar surface area (TPSA) is 126 Å². The first-order chi connectivity index (χ1) is 17.3. The number of fused-ring (bicyclic) bond motifs is 2. The van der Waals surface area contributed by atoms with E-state index < -0.39 is 5.60 Å². The molecule has 0 unspecified atom stereocenters. The summed E-state index contributed by atoms with van der Waals surface area (Å²) in [4.78, 5) is 24.2. The Morgan fingerprint density at radius 1 is 1.08 bits per heavy atom. The molecule has 0 amide bonds. The van der Waals surface area contributed by atoms with Crippen LogP contribution in [0.4, 0.5) is 17.5 Å². The lowest BCUT2D eigenvalue weighted by molar-refractivity contribution is 0.0286. The van der Waals surface area contributed by atoms with Gasteiger partial charge in [0, 0.05) is 24.5 Å². The molecule has 5 heterocycles. The minimum atomic E-state index is -0.840. The highest BCUT2D eigenvalue weighted by atomic mass is 16.5. The maximum atomic E-state index is 10.5. The van der Waals surface area contributed by atoms with Gasteiger partial charge in [0.15, 0.2) is 11.5 Å². The molecule has 1 aliphatic heterocycles. The molecule has 0 aliphatic carbocycles. The van der Waals surface area contributed by atoms with Crippen LogP contribution in [-0.4, -0.2) is 57.8 Å². The van der Waals surface area contributed by atoms with Crippen molar-refractivity contribution in [2.75, 3.05) is 16.8 Å². The molecule has 1 atom stereocenters. The lowest BCUT2D eigenvalue weighted by Gasteiger charge is -2.47. The molecule has 1 aliphatic rings. The number of aryl methyl sites for hydroxylation is 1. The number of nitrogens with zero attached hydrogens (tertiary/aromatic N) is 8. The summed E-state index contributed by atoms with van der Waals surface area (Å²) in [5, 5.41) is 17.9. The zero-order valence-corrected chi connectivity index (χ0v) is 20.1. The van der Waals surface area contributed by atoms with Gasteiger partial charge in [0.25, 0.3) is 0 Å². The minimum absolute atomic E-state index is 0.0309. The van der Waals surface area contributed by atoms with E-state index in [0.29, 0.717) is 34.2 Å². The number of pyridine rings is 1. The van der Waals surface area contributed by atoms with E-state index in [9.17, 15) is 5.11 Å². The third kappa shape index (κ3) is 4.03. The first-order valence-electron chi connectivity index (χ1n) is 11.7. The largest absolute Gasteiger partial charge is 0.457 e. The summed E-state index contributed by atoms with van der Waals surface area (Å²) in [7, 11) is 0. The molecule has 1 aromatic carbocycles. The summed E-state index contributed by atoms with van der Waals surface area (Å²) < 4.78 is 7.76. The molecule has 1 fully saturated rings. The van der Waals surface area contributed by atoms with Gasteiger partial charge in [-0.15, -0.1) is 0 Å². The van der Waals surface area contributed by atoms with Crippen LogP contribution < -0.4 is 15.0 Å². The van der Waals surface area contributed by atoms with Gasteiger partial charge in [-0.3, -0.25) is 0 Å². The highest BCUT2D eigenvalue weighted by Gasteiger charge is 2.40. The fourth-order valence-electron chi connectivity index (χ4n) is 4.40. The molecular formula is C25H25N9O2. The number of rotatable bonds is 6. The molecule has 0 radical (unpaired) electrons. The predicted molar refractivity (Wildman–Crippen MR) is 135 cm³/mol. The molecular weight excluding hydrogens is 458 g/mol. The summed E-state index contributed by atoms with van der Waals surface area (Å²) in [6.07, 6.45) is 7.39. The Morgan fingerprint density at radius 3 is 2.75 bits per heavy atom. The summed E-state index contributed by atoms with van der Waals surface area (Å²) in [6, 6.07) is 9.47. The molecule has 36 heavy (non-hydrogen) atoms. The van der Waals surface area contributed by atoms with Crippen molar-refractivity contribution in [3.8, 4) is 11.5 Å². The van der Waals surface area contributed by atoms with E-state index in [2.05, 4.69) is 30.4 Å². The highest BCUT2D eigenvalue weighted by Crippen LogP contribution is 2.33. The van der Waals surface area contributed by atoms with E-state index in [-0.39, 0.29) is 6.04 Å². The quantitative estimate of drug-likeness (QED) is 0.369. The van der Waals surface area contributed by atoms with Crippen LogP contribution >= 0.6 is 0 Å². The van der Waals surface area contributed by atoms with Crippen molar-refractivity contribution in [3.05, 3.63) is 60.9 Å². The van der Waals surface area contributed by atoms with Crippen molar-refractivity contribution in [3.63, 3.8) is 0 Å². The van der Waals surface area contributed by atoms with Crippen molar-refractivity contribution in [1.29, 1.82) is 0 Å². The van der Waals surface area contributed by atoms with E-state index >= 15 is 0 Å². The highest BCUT2D eigenvalue weighted by molar-refractivity contribution is 5.87. The Balaban J connectivity index is 1.25. The van der Waals surface area contributed by atoms with Gasteiger partial charge in [-0.2, -0.15) is 5.10 Å². The molecule has 182 valence electrons. The van der Waals surface area contributed by atoms with Crippen LogP contribution in [-0.2, 0) is 0 Å². The Labute approximate surface area is 206 Å². The summed E-state index contributed by atoms with van der Waals surface area (Å²) in [6.45, 7) is 6.39. The van der Waals surface area contributed by atoms with E-state index in [1.54, 1.807) is 10.7 Å². The number of benzene rings is 1. The lowest BCUT2D eigenvalue weighted by atomic mass is 9.88. The van der Waals surface area contributed by atoms with Gasteiger partial charge in [-0.05, 0) is 57.0 Å². The van der Waals surface area contributed by atoms with Gasteiger partial charge < -0.3 is 20.1 Å². The normalized spacial score (nSPS) is 15.8. The lowest BCUT2D eigenvalue weighted by Crippen LogP contribution is -2.59. The van der Waals surface area contributed by atoms with E-state index in [0.717, 1.165) is 30.0 Å². The molecule has 4 aromatic heterocycles. The van der Waals surface area contributed by atoms with Crippen molar-refractivity contribution in [2.24, 2.45) is 0 Å². The molecule has 11 heteroatoms. The average Bonchev–Trinajstić information content (AvgIpc) is 3.27. The van der Waals surface area contributed by atoms with Crippen molar-refractivity contribution in [1.82, 2.24) is 34.5 Å². The van der Waals surface area contributed by atoms with Crippen LogP contribution in [0.15, 0.2) is 55.4 Å². The van der Waals surface area contributed by atoms with Crippen molar-refractivity contribution >= 4 is 34.1 Å². The number of hydrogen-bond acceptors (Lipinski definition) is 10. The molecule has 1 saturated heterocycles. The zero-order valence-electron chi connectivity index (χ0n) is 20.1. The summed E-state index contributed by atoms with van der Waals surface area (Å²) in [5.74, 6) is 2.55. The van der Waals surface area contributed by atoms with Crippen LogP contribution in [0.3, 0.4) is 0 Å². The second-order valence-corrected chi connectivity index (χ2v) is 9.41. The number of nitrogens with one attached hydrogen (secondary N) is 1. The second-order valence-electron chi connectivity index (χ2n) is 9.41. The molecule has 5 aromatic rings. The van der Waals surface area contributed by atoms with E-state index in [4.69, 9.17) is 9.72 Å². The fourth-order valence-corrected chi connectivity index (χ4v) is 4.40. The number of anilines is 3. The average molecular weight is 484 g/mol. The van der Waals surface area contributed by atoms with Crippen LogP contribution in [0, 0.1) is 6.92 Å². The first-order valence-corrected chi connectivity index (χ1v) is 11.7. The van der Waals surface area contributed by atoms with Gasteiger partial charge >= 0.3 is 0 Å². The van der Waals surface area contributed by atoms with Gasteiger partial charge in [0.1, 0.15) is 35.2 Å². The molecule has 6 rings (SSSR count). The van der Waals surface area contributed by atoms with Crippen LogP contribution in [0.25, 0.3) is 16.7 Å². The zero-order chi connectivity index (χ0) is 24.9. The van der Waals surface area contributed by atoms with Crippen molar-refractivity contribution < 1.29 is 9.84 Å². The third-order valence-corrected chi connectivity index (χ3v) is 6.37. The van der Waals surface area contributed by atoms with Crippen LogP contribution in [0.2, 0.25) is 0 Å². The monoisotopic (exact) mass is 483 g/mol. The number of ether oxygens (including phenoxy) is 1. The van der Waals surface area contributed by atoms with Crippen molar-refractivity contribution in [2.45, 2.75) is 38.8 Å². The maximum absolute atomic E-state index is 10.5. The smallest absolute Gasteiger partial charge is 0.226 e. The molecule has 11 nitrogen and oxygen atoms in total. The Hall–Kier alpha value is -4.38. The number of hydrogen-bond donors (Lipinski definition) is 2. The van der Waals surface area contributed by atoms with Gasteiger partial charge in [0.05, 0.1) is 17.8 Å². The second kappa shape index (κ2) is 8.38. The van der Waals surface area contributed by atoms with Gasteiger partial charge in [-0.1, -0.05) is 0 Å². The minimum Gasteiger partial charge on any atom is -0.457 e. The van der Waals surface area contributed by atoms with E-state index in [1.807, 2.05) is 62.2 Å². The van der Waals surface area contributed by atoms with E-state index in [1.165, 1.54) is 12.7 Å². The van der Waals surface area contributed by atoms with Crippen LogP contribution in [0.5, 0.6) is 11.5 Å². The van der Waals surface area contributed by atoms with Gasteiger partial charge in [-0.25, -0.2) is 29.4 Å². The Kier molecular flexibility index (Phi) is 5.15. The van der Waals surface area contributed by atoms with Gasteiger partial charge in [0.2, 0.25) is 5.95 Å². The Morgan fingerprint density at radius 2 is 1.97 bits per heavy atom. The summed E-state index contributed by atoms with van der Waals surface area (Å²) >= 11 is 0. The Bertz CT molecular complexity index is 1580. The molecule has 0 saturated carbocycles. The first kappa shape index (κ1) is 22.1. The fraction of sp³-hybridized carbons (Fsp3) is 0.280. The molecule has 0 spiro atoms. The molecule has 0 bridgehead atoms. The maximum Gasteiger partial charge on any atom is 0.226 e. The SMILES string of the molecule is Cc1cc(Nc2ncnc3cnc(N4CC[C@@H]4C(C)(C)O)nc23)ccc1Oc1ccn2ncnc2c1. The third-order valence-electron chi connectivity index (χ3n) is 6.37. The number of aromatic nitrogens is 7. The molecule has 2 N–H and O–H groups in total. The summed E-state index contributed by atoms with van der Waals surface area (Å²) in [5.41, 5.74) is 2.91. The standard InChI is InChI=1S/C25H25N9O2/c1-15-10-16(4-5-19(15)36-17-6-9-34-21(11-17)28-14-30-34)31-23-22-18(27-13-29-23)12-26-24(32-22)33-8-7-20(33)25(2,3)35/h4-6,9-14,20,35H,7-8H2,1-3H3,(H,27,29,31)/t20-/m1/s1. The number of aliphatic hydroxyl groups is 1.